The number of ether oxygens (including phenoxy) is 3. The van der Waals surface area contributed by atoms with E-state index in [1.165, 1.54) is 0 Å². The van der Waals surface area contributed by atoms with Crippen molar-refractivity contribution in [2.45, 2.75) is 4.83 Å². The molecule has 9 heteroatoms. The molecule has 1 aromatic carbocycles. The molecule has 0 atom stereocenters. The molecule has 28 heavy (non-hydrogen) atoms. The second-order valence-electron chi connectivity index (χ2n) is 5.99. The van der Waals surface area contributed by atoms with E-state index < -0.39 is 10.7 Å². The summed E-state index contributed by atoms with van der Waals surface area (Å²) in [7, 11) is 0. The van der Waals surface area contributed by atoms with Gasteiger partial charge in [0.1, 0.15) is 19.0 Å². The lowest BCUT2D eigenvalue weighted by molar-refractivity contribution is -0.145. The van der Waals surface area contributed by atoms with Crippen molar-refractivity contribution < 1.29 is 27.8 Å². The van der Waals surface area contributed by atoms with Crippen LogP contribution in [-0.2, 0) is 14.3 Å². The van der Waals surface area contributed by atoms with E-state index in [4.69, 9.17) is 20.6 Å². The highest BCUT2D eigenvalue weighted by atomic mass is 79.9. The number of anilines is 1. The highest BCUT2D eigenvalue weighted by Crippen LogP contribution is 2.27. The Labute approximate surface area is 171 Å². The molecule has 0 N–H and O–H groups in total. The Balaban J connectivity index is 1.73. The third-order valence-electron chi connectivity index (χ3n) is 4.05. The molecule has 1 saturated heterocycles. The predicted octanol–water partition coefficient (Wildman–Crippen LogP) is 2.37. The third kappa shape index (κ3) is 7.26. The van der Waals surface area contributed by atoms with Crippen LogP contribution in [0.3, 0.4) is 0 Å². The Morgan fingerprint density at radius 2 is 1.82 bits per heavy atom. The number of hydrogen-bond donors (Lipinski definition) is 0. The van der Waals surface area contributed by atoms with Crippen LogP contribution in [0.25, 0.3) is 0 Å². The van der Waals surface area contributed by atoms with Gasteiger partial charge in [-0.25, -0.2) is 0 Å². The van der Waals surface area contributed by atoms with E-state index in [1.807, 2.05) is 29.2 Å². The number of alkyl halides is 3. The normalized spacial score (nSPS) is 14.6. The smallest absolute Gasteiger partial charge is 0.377 e. The van der Waals surface area contributed by atoms with E-state index in [2.05, 4.69) is 21.9 Å². The Morgan fingerprint density at radius 1 is 1.14 bits per heavy atom. The van der Waals surface area contributed by atoms with E-state index in [0.717, 1.165) is 10.6 Å². The van der Waals surface area contributed by atoms with Gasteiger partial charge in [0.2, 0.25) is 0 Å². The van der Waals surface area contributed by atoms with Crippen LogP contribution < -0.4 is 9.64 Å². The summed E-state index contributed by atoms with van der Waals surface area (Å²) < 4.78 is 42.3. The minimum absolute atomic E-state index is 0.237. The fourth-order valence-electron chi connectivity index (χ4n) is 2.69. The van der Waals surface area contributed by atoms with Gasteiger partial charge in [-0.1, -0.05) is 12.0 Å². The molecule has 2 rings (SSSR count). The second-order valence-corrected chi connectivity index (χ2v) is 6.99. The van der Waals surface area contributed by atoms with E-state index in [1.54, 1.807) is 0 Å². The lowest BCUT2D eigenvalue weighted by Crippen LogP contribution is -2.52. The minimum atomic E-state index is -3.52. The van der Waals surface area contributed by atoms with Gasteiger partial charge in [0.15, 0.2) is 0 Å². The number of carbonyl (C=O) groups is 1. The quantitative estimate of drug-likeness (QED) is 0.304. The van der Waals surface area contributed by atoms with Crippen LogP contribution >= 0.6 is 15.9 Å². The molecule has 1 amide bonds. The van der Waals surface area contributed by atoms with Gasteiger partial charge in [0, 0.05) is 53.9 Å². The van der Waals surface area contributed by atoms with Gasteiger partial charge in [-0.2, -0.15) is 8.78 Å². The standard InChI is InChI=1S/C19H23BrF2N2O4/c1-2-10-26-11-12-27-13-14-28-17-5-3-4-16(15-17)23-6-8-24(9-7-23)18(25)19(20,21)22/h1,3-5,15H,6-14H2. The van der Waals surface area contributed by atoms with Gasteiger partial charge >= 0.3 is 10.7 Å². The zero-order valence-electron chi connectivity index (χ0n) is 15.4. The Bertz CT molecular complexity index is 671. The fourth-order valence-corrected chi connectivity index (χ4v) is 2.94. The van der Waals surface area contributed by atoms with E-state index in [0.29, 0.717) is 45.3 Å². The SMILES string of the molecule is C#CCOCCOCCOc1cccc(N2CCN(C(=O)C(F)(F)Br)CC2)c1. The van der Waals surface area contributed by atoms with Gasteiger partial charge in [0.25, 0.3) is 0 Å². The summed E-state index contributed by atoms with van der Waals surface area (Å²) in [6, 6.07) is 7.50. The third-order valence-corrected chi connectivity index (χ3v) is 4.39. The van der Waals surface area contributed by atoms with Crippen molar-refractivity contribution in [3.8, 4) is 18.1 Å². The number of terminal acetylenes is 1. The van der Waals surface area contributed by atoms with Crippen LogP contribution in [0.15, 0.2) is 24.3 Å². The van der Waals surface area contributed by atoms with Crippen LogP contribution in [0.2, 0.25) is 0 Å². The summed E-state index contributed by atoms with van der Waals surface area (Å²) in [5.74, 6) is 1.87. The fraction of sp³-hybridized carbons (Fsp3) is 0.526. The first-order valence-corrected chi connectivity index (χ1v) is 9.64. The summed E-state index contributed by atoms with van der Waals surface area (Å²) >= 11 is 2.12. The number of hydrogen-bond acceptors (Lipinski definition) is 5. The number of carbonyl (C=O) groups excluding carboxylic acids is 1. The highest BCUT2D eigenvalue weighted by molar-refractivity contribution is 9.10. The monoisotopic (exact) mass is 460 g/mol. The first kappa shape index (κ1) is 22.4. The summed E-state index contributed by atoms with van der Waals surface area (Å²) in [6.45, 7) is 3.39. The number of piperazine rings is 1. The van der Waals surface area contributed by atoms with Crippen LogP contribution in [0.5, 0.6) is 5.75 Å². The Kier molecular flexibility index (Phi) is 8.96. The maximum atomic E-state index is 13.1. The molecule has 1 heterocycles. The number of amides is 1. The summed E-state index contributed by atoms with van der Waals surface area (Å²) in [4.78, 5) is 11.3. The molecule has 1 aliphatic heterocycles. The maximum absolute atomic E-state index is 13.1. The zero-order chi connectivity index (χ0) is 20.4. The molecule has 0 unspecified atom stereocenters. The lowest BCUT2D eigenvalue weighted by atomic mass is 10.2. The van der Waals surface area contributed by atoms with Gasteiger partial charge in [-0.15, -0.1) is 6.42 Å². The molecule has 0 bridgehead atoms. The van der Waals surface area contributed by atoms with Gasteiger partial charge in [-0.05, 0) is 12.1 Å². The molecule has 0 saturated carbocycles. The molecule has 0 radical (unpaired) electrons. The Morgan fingerprint density at radius 3 is 2.50 bits per heavy atom. The summed E-state index contributed by atoms with van der Waals surface area (Å²) in [5, 5.41) is 0. The van der Waals surface area contributed by atoms with Crippen molar-refractivity contribution in [1.29, 1.82) is 0 Å². The summed E-state index contributed by atoms with van der Waals surface area (Å²) in [5.41, 5.74) is 0.916. The van der Waals surface area contributed by atoms with E-state index >= 15 is 0 Å². The molecular formula is C19H23BrF2N2O4. The average molecular weight is 461 g/mol. The first-order valence-electron chi connectivity index (χ1n) is 8.84. The highest BCUT2D eigenvalue weighted by Gasteiger charge is 2.39. The van der Waals surface area contributed by atoms with Crippen molar-refractivity contribution in [3.05, 3.63) is 24.3 Å². The molecule has 154 valence electrons. The number of nitrogens with zero attached hydrogens (tertiary/aromatic N) is 2. The maximum Gasteiger partial charge on any atom is 0.377 e. The lowest BCUT2D eigenvalue weighted by Gasteiger charge is -2.36. The molecule has 0 aromatic heterocycles. The molecular weight excluding hydrogens is 438 g/mol. The van der Waals surface area contributed by atoms with Crippen LogP contribution in [-0.4, -0.2) is 74.9 Å². The topological polar surface area (TPSA) is 51.2 Å². The van der Waals surface area contributed by atoms with E-state index in [9.17, 15) is 13.6 Å². The van der Waals surface area contributed by atoms with Crippen molar-refractivity contribution in [1.82, 2.24) is 4.90 Å². The average Bonchev–Trinajstić information content (AvgIpc) is 2.69. The molecule has 1 fully saturated rings. The van der Waals surface area contributed by atoms with Crippen molar-refractivity contribution in [2.75, 3.05) is 64.1 Å². The first-order chi connectivity index (χ1) is 13.4. The van der Waals surface area contributed by atoms with Crippen molar-refractivity contribution in [3.63, 3.8) is 0 Å². The van der Waals surface area contributed by atoms with Crippen LogP contribution in [0.4, 0.5) is 14.5 Å². The molecule has 1 aromatic rings. The van der Waals surface area contributed by atoms with Crippen molar-refractivity contribution in [2.24, 2.45) is 0 Å². The second kappa shape index (κ2) is 11.2. The molecule has 6 nitrogen and oxygen atoms in total. The predicted molar refractivity (Wildman–Crippen MR) is 105 cm³/mol. The zero-order valence-corrected chi connectivity index (χ0v) is 17.0. The number of benzene rings is 1. The van der Waals surface area contributed by atoms with Gasteiger partial charge in [0.05, 0.1) is 19.8 Å². The Hall–Kier alpha value is -1.89. The minimum Gasteiger partial charge on any atom is -0.491 e. The number of rotatable bonds is 10. The number of halogens is 3. The van der Waals surface area contributed by atoms with E-state index in [-0.39, 0.29) is 19.7 Å². The molecule has 0 aliphatic carbocycles. The van der Waals surface area contributed by atoms with Gasteiger partial charge in [-0.3, -0.25) is 4.79 Å². The van der Waals surface area contributed by atoms with Crippen molar-refractivity contribution >= 4 is 27.5 Å². The molecule has 1 aliphatic rings. The van der Waals surface area contributed by atoms with Crippen LogP contribution in [0.1, 0.15) is 0 Å². The molecule has 0 spiro atoms. The van der Waals surface area contributed by atoms with Gasteiger partial charge < -0.3 is 24.0 Å². The van der Waals surface area contributed by atoms with Crippen LogP contribution in [0, 0.1) is 12.3 Å². The summed E-state index contributed by atoms with van der Waals surface area (Å²) in [6.07, 6.45) is 5.07. The largest absolute Gasteiger partial charge is 0.491 e.